The van der Waals surface area contributed by atoms with Crippen molar-refractivity contribution < 1.29 is 4.79 Å². The van der Waals surface area contributed by atoms with Gasteiger partial charge >= 0.3 is 0 Å². The Kier molecular flexibility index (Phi) is 3.85. The maximum atomic E-state index is 12.3. The summed E-state index contributed by atoms with van der Waals surface area (Å²) in [4.78, 5) is 21.3. The van der Waals surface area contributed by atoms with Gasteiger partial charge in [-0.3, -0.25) is 9.69 Å². The fraction of sp³-hybridized carbons (Fsp3) is 0.647. The summed E-state index contributed by atoms with van der Waals surface area (Å²) in [6.07, 6.45) is 2.75. The van der Waals surface area contributed by atoms with E-state index < -0.39 is 0 Å². The Morgan fingerprint density at radius 2 is 2.14 bits per heavy atom. The zero-order valence-corrected chi connectivity index (χ0v) is 13.7. The van der Waals surface area contributed by atoms with Crippen LogP contribution in [0.15, 0.2) is 18.3 Å². The molecule has 0 aromatic carbocycles. The number of hydrogen-bond acceptors (Lipinski definition) is 5. The van der Waals surface area contributed by atoms with E-state index in [-0.39, 0.29) is 11.3 Å². The minimum absolute atomic E-state index is 0.235. The summed E-state index contributed by atoms with van der Waals surface area (Å²) in [5.74, 6) is 1.66. The molecule has 2 aliphatic rings. The second-order valence-electron chi connectivity index (χ2n) is 7.44. The van der Waals surface area contributed by atoms with Crippen molar-refractivity contribution in [2.24, 2.45) is 11.3 Å². The number of rotatable bonds is 4. The Labute approximate surface area is 132 Å². The number of anilines is 2. The van der Waals surface area contributed by atoms with Gasteiger partial charge in [0.2, 0.25) is 0 Å². The Morgan fingerprint density at radius 3 is 2.68 bits per heavy atom. The Hall–Kier alpha value is -1.62. The van der Waals surface area contributed by atoms with E-state index >= 15 is 0 Å². The Bertz CT molecular complexity index is 554. The summed E-state index contributed by atoms with van der Waals surface area (Å²) < 4.78 is 0. The summed E-state index contributed by atoms with van der Waals surface area (Å²) in [6.45, 7) is 9.88. The first-order valence-corrected chi connectivity index (χ1v) is 8.10. The highest BCUT2D eigenvalue weighted by Gasteiger charge is 2.50. The maximum absolute atomic E-state index is 12.3. The highest BCUT2D eigenvalue weighted by atomic mass is 16.1. The number of Topliss-reactive ketones (excluding diaryl/α,β-unsaturated/α-hetero) is 1. The van der Waals surface area contributed by atoms with Gasteiger partial charge in [0.25, 0.3) is 0 Å². The van der Waals surface area contributed by atoms with Gasteiger partial charge in [-0.1, -0.05) is 13.8 Å². The number of nitrogens with zero attached hydrogens (tertiary/aromatic N) is 3. The molecule has 0 spiro atoms. The molecule has 2 heterocycles. The number of aromatic nitrogens is 1. The van der Waals surface area contributed by atoms with Gasteiger partial charge in [0.1, 0.15) is 11.6 Å². The molecular weight excluding hydrogens is 276 g/mol. The van der Waals surface area contributed by atoms with E-state index in [2.05, 4.69) is 35.6 Å². The van der Waals surface area contributed by atoms with Crippen LogP contribution in [-0.4, -0.2) is 47.9 Å². The molecule has 2 fully saturated rings. The average Bonchev–Trinajstić information content (AvgIpc) is 3.09. The normalized spacial score (nSPS) is 27.7. The largest absolute Gasteiger partial charge is 0.397 e. The number of piperazine rings is 1. The van der Waals surface area contributed by atoms with E-state index in [1.165, 1.54) is 0 Å². The Morgan fingerprint density at radius 1 is 1.41 bits per heavy atom. The molecule has 22 heavy (non-hydrogen) atoms. The molecular formula is C17H26N4O. The molecule has 1 saturated carbocycles. The van der Waals surface area contributed by atoms with E-state index in [1.54, 1.807) is 6.20 Å². The van der Waals surface area contributed by atoms with Crippen molar-refractivity contribution >= 4 is 17.3 Å². The lowest BCUT2D eigenvalue weighted by molar-refractivity contribution is -0.122. The van der Waals surface area contributed by atoms with Gasteiger partial charge < -0.3 is 10.6 Å². The molecule has 1 aliphatic heterocycles. The first-order chi connectivity index (χ1) is 10.4. The van der Waals surface area contributed by atoms with Gasteiger partial charge in [-0.15, -0.1) is 0 Å². The highest BCUT2D eigenvalue weighted by Crippen LogP contribution is 2.52. The van der Waals surface area contributed by atoms with Crippen LogP contribution >= 0.6 is 0 Å². The minimum atomic E-state index is 0.235. The fourth-order valence-electron chi connectivity index (χ4n) is 3.43. The zero-order chi connectivity index (χ0) is 15.9. The van der Waals surface area contributed by atoms with Crippen LogP contribution in [0.5, 0.6) is 0 Å². The van der Waals surface area contributed by atoms with Crippen molar-refractivity contribution in [2.75, 3.05) is 36.8 Å². The lowest BCUT2D eigenvalue weighted by Gasteiger charge is -2.40. The van der Waals surface area contributed by atoms with Gasteiger partial charge in [-0.2, -0.15) is 0 Å². The van der Waals surface area contributed by atoms with Crippen LogP contribution in [0.4, 0.5) is 11.5 Å². The van der Waals surface area contributed by atoms with Crippen molar-refractivity contribution in [3.63, 3.8) is 0 Å². The van der Waals surface area contributed by atoms with Crippen LogP contribution in [-0.2, 0) is 4.79 Å². The molecule has 0 bridgehead atoms. The minimum Gasteiger partial charge on any atom is -0.397 e. The summed E-state index contributed by atoms with van der Waals surface area (Å²) in [5.41, 5.74) is 6.62. The summed E-state index contributed by atoms with van der Waals surface area (Å²) in [7, 11) is 0. The highest BCUT2D eigenvalue weighted by molar-refractivity contribution is 5.86. The van der Waals surface area contributed by atoms with Crippen LogP contribution in [0.25, 0.3) is 0 Å². The summed E-state index contributed by atoms with van der Waals surface area (Å²) in [5, 5.41) is 0. The molecule has 0 amide bonds. The SMILES string of the molecule is C[C@@H]1CN(CC(=O)[C@H]2CC2(C)C)CCN1c1ccc(N)cn1. The third kappa shape index (κ3) is 3.09. The number of pyridine rings is 1. The second kappa shape index (κ2) is 5.54. The van der Waals surface area contributed by atoms with E-state index in [0.29, 0.717) is 24.1 Å². The quantitative estimate of drug-likeness (QED) is 0.919. The molecule has 1 aromatic rings. The molecule has 120 valence electrons. The van der Waals surface area contributed by atoms with Crippen LogP contribution in [0.3, 0.4) is 0 Å². The summed E-state index contributed by atoms with van der Waals surface area (Å²) in [6, 6.07) is 4.21. The fourth-order valence-corrected chi connectivity index (χ4v) is 3.43. The number of ketones is 1. The second-order valence-corrected chi connectivity index (χ2v) is 7.44. The van der Waals surface area contributed by atoms with Gasteiger partial charge in [-0.25, -0.2) is 4.98 Å². The van der Waals surface area contributed by atoms with Crippen molar-refractivity contribution in [3.05, 3.63) is 18.3 Å². The first-order valence-electron chi connectivity index (χ1n) is 8.10. The summed E-state index contributed by atoms with van der Waals surface area (Å²) >= 11 is 0. The monoisotopic (exact) mass is 302 g/mol. The Balaban J connectivity index is 1.56. The number of carbonyl (C=O) groups excluding carboxylic acids is 1. The predicted octanol–water partition coefficient (Wildman–Crippen LogP) is 1.79. The van der Waals surface area contributed by atoms with E-state index in [4.69, 9.17) is 5.73 Å². The lowest BCUT2D eigenvalue weighted by atomic mass is 10.1. The van der Waals surface area contributed by atoms with Crippen molar-refractivity contribution in [1.82, 2.24) is 9.88 Å². The van der Waals surface area contributed by atoms with E-state index in [0.717, 1.165) is 31.9 Å². The number of carbonyl (C=O) groups is 1. The third-order valence-electron chi connectivity index (χ3n) is 5.06. The van der Waals surface area contributed by atoms with E-state index in [9.17, 15) is 4.79 Å². The smallest absolute Gasteiger partial charge is 0.150 e. The van der Waals surface area contributed by atoms with Gasteiger partial charge in [0.15, 0.2) is 0 Å². The molecule has 1 saturated heterocycles. The van der Waals surface area contributed by atoms with Gasteiger partial charge in [0, 0.05) is 31.6 Å². The van der Waals surface area contributed by atoms with Gasteiger partial charge in [-0.05, 0) is 30.9 Å². The standard InChI is InChI=1S/C17H26N4O/c1-12-10-20(11-15(22)14-8-17(14,2)3)6-7-21(12)16-5-4-13(18)9-19-16/h4-5,9,12,14H,6-8,10-11,18H2,1-3H3/t12-,14-/m1/s1. The van der Waals surface area contributed by atoms with E-state index in [1.807, 2.05) is 12.1 Å². The molecule has 3 rings (SSSR count). The van der Waals surface area contributed by atoms with Crippen LogP contribution in [0.2, 0.25) is 0 Å². The molecule has 1 aromatic heterocycles. The van der Waals surface area contributed by atoms with Crippen LogP contribution < -0.4 is 10.6 Å². The van der Waals surface area contributed by atoms with Crippen molar-refractivity contribution in [1.29, 1.82) is 0 Å². The third-order valence-corrected chi connectivity index (χ3v) is 5.06. The first kappa shape index (κ1) is 15.3. The number of nitrogens with two attached hydrogens (primary N) is 1. The average molecular weight is 302 g/mol. The molecule has 2 atom stereocenters. The molecule has 5 nitrogen and oxygen atoms in total. The molecule has 5 heteroatoms. The molecule has 2 N–H and O–H groups in total. The maximum Gasteiger partial charge on any atom is 0.150 e. The molecule has 0 radical (unpaired) electrons. The lowest BCUT2D eigenvalue weighted by Crippen LogP contribution is -2.53. The van der Waals surface area contributed by atoms with Crippen molar-refractivity contribution in [3.8, 4) is 0 Å². The van der Waals surface area contributed by atoms with Crippen molar-refractivity contribution in [2.45, 2.75) is 33.2 Å². The number of nitrogen functional groups attached to an aromatic ring is 1. The predicted molar refractivity (Wildman–Crippen MR) is 88.8 cm³/mol. The molecule has 0 unspecified atom stereocenters. The van der Waals surface area contributed by atoms with Crippen LogP contribution in [0, 0.1) is 11.3 Å². The zero-order valence-electron chi connectivity index (χ0n) is 13.7. The van der Waals surface area contributed by atoms with Gasteiger partial charge in [0.05, 0.1) is 18.4 Å². The number of hydrogen-bond donors (Lipinski definition) is 1. The van der Waals surface area contributed by atoms with Crippen LogP contribution in [0.1, 0.15) is 27.2 Å². The topological polar surface area (TPSA) is 62.5 Å². The molecule has 1 aliphatic carbocycles.